The number of hydrogen-bond donors (Lipinski definition) is 2. The van der Waals surface area contributed by atoms with Crippen molar-refractivity contribution in [2.45, 2.75) is 57.7 Å². The Balaban J connectivity index is 0.000000507. The lowest BCUT2D eigenvalue weighted by molar-refractivity contribution is 0.00739. The van der Waals surface area contributed by atoms with Gasteiger partial charge in [0.1, 0.15) is 5.60 Å². The third-order valence-corrected chi connectivity index (χ3v) is 3.83. The maximum atomic E-state index is 11.5. The van der Waals surface area contributed by atoms with Gasteiger partial charge in [-0.25, -0.2) is 26.4 Å². The second-order valence-corrected chi connectivity index (χ2v) is 12.2. The Bertz CT molecular complexity index is 643. The van der Waals surface area contributed by atoms with Gasteiger partial charge in [0.2, 0.25) is 19.1 Å². The van der Waals surface area contributed by atoms with Crippen molar-refractivity contribution in [2.75, 3.05) is 25.6 Å². The topological polar surface area (TPSA) is 136 Å². The minimum atomic E-state index is -3.20. The minimum Gasteiger partial charge on any atom is -0.444 e. The zero-order valence-electron chi connectivity index (χ0n) is 15.9. The fourth-order valence-electron chi connectivity index (χ4n) is 1.77. The van der Waals surface area contributed by atoms with Crippen molar-refractivity contribution in [3.8, 4) is 0 Å². The third kappa shape index (κ3) is 15.6. The van der Waals surface area contributed by atoms with E-state index in [1.807, 2.05) is 0 Å². The number of nitrogens with two attached hydrogens (primary N) is 1. The maximum Gasteiger partial charge on any atom is 0.410 e. The van der Waals surface area contributed by atoms with Gasteiger partial charge >= 0.3 is 6.09 Å². The van der Waals surface area contributed by atoms with Gasteiger partial charge in [-0.05, 0) is 33.6 Å². The van der Waals surface area contributed by atoms with Crippen LogP contribution < -0.4 is 10.5 Å². The van der Waals surface area contributed by atoms with Crippen LogP contribution >= 0.6 is 10.7 Å². The highest BCUT2D eigenvalue weighted by Gasteiger charge is 2.34. The Labute approximate surface area is 161 Å². The molecule has 0 bridgehead atoms. The molecule has 2 rings (SSSR count). The molecule has 1 heterocycles. The zero-order valence-corrected chi connectivity index (χ0v) is 18.2. The van der Waals surface area contributed by atoms with Gasteiger partial charge in [-0.2, -0.15) is 0 Å². The predicted octanol–water partition coefficient (Wildman–Crippen LogP) is 0.837. The lowest BCUT2D eigenvalue weighted by atomic mass is 9.95. The largest absolute Gasteiger partial charge is 0.444 e. The van der Waals surface area contributed by atoms with Crippen LogP contribution in [-0.2, 0) is 23.8 Å². The van der Waals surface area contributed by atoms with Crippen LogP contribution in [0.1, 0.15) is 40.0 Å². The summed E-state index contributed by atoms with van der Waals surface area (Å²) in [5, 5.41) is 0. The molecule has 1 saturated heterocycles. The molecule has 2 aliphatic rings. The number of carbonyl (C=O) groups excluding carboxylic acids is 1. The highest BCUT2D eigenvalue weighted by Crippen LogP contribution is 2.15. The first-order valence-electron chi connectivity index (χ1n) is 8.07. The molecule has 9 nitrogen and oxygen atoms in total. The lowest BCUT2D eigenvalue weighted by Gasteiger charge is -2.39. The summed E-state index contributed by atoms with van der Waals surface area (Å²) in [5.41, 5.74) is 4.86. The molecule has 1 saturated carbocycles. The SMILES string of the molecule is CC(C)(C)OC(=O)N1CC(NS(C)(=O)=O)C1.CS(=O)(=O)Cl.NC1CCC1. The van der Waals surface area contributed by atoms with E-state index < -0.39 is 30.8 Å². The van der Waals surface area contributed by atoms with E-state index in [-0.39, 0.29) is 6.04 Å². The van der Waals surface area contributed by atoms with Crippen molar-refractivity contribution in [1.29, 1.82) is 0 Å². The summed E-state index contributed by atoms with van der Waals surface area (Å²) in [6, 6.07) is 0.373. The van der Waals surface area contributed by atoms with Gasteiger partial charge in [-0.15, -0.1) is 0 Å². The molecule has 0 unspecified atom stereocenters. The molecule has 0 aromatic heterocycles. The van der Waals surface area contributed by atoms with Gasteiger partial charge in [0.15, 0.2) is 0 Å². The van der Waals surface area contributed by atoms with Crippen molar-refractivity contribution in [3.63, 3.8) is 0 Å². The molecule has 156 valence electrons. The molecule has 1 aliphatic carbocycles. The number of rotatable bonds is 2. The molecule has 26 heavy (non-hydrogen) atoms. The molecule has 12 heteroatoms. The number of halogens is 1. The number of likely N-dealkylation sites (tertiary alicyclic amines) is 1. The summed E-state index contributed by atoms with van der Waals surface area (Å²) in [4.78, 5) is 12.9. The molecule has 0 atom stereocenters. The molecule has 0 aromatic rings. The normalized spacial score (nSPS) is 18.3. The summed E-state index contributed by atoms with van der Waals surface area (Å²) >= 11 is 0. The zero-order chi connectivity index (χ0) is 20.8. The fraction of sp³-hybridized carbons (Fsp3) is 0.929. The molecule has 0 aromatic carbocycles. The average Bonchev–Trinajstić information content (AvgIpc) is 2.25. The van der Waals surface area contributed by atoms with Crippen molar-refractivity contribution >= 4 is 35.8 Å². The van der Waals surface area contributed by atoms with Crippen LogP contribution in [0, 0.1) is 0 Å². The molecule has 1 aliphatic heterocycles. The van der Waals surface area contributed by atoms with Gasteiger partial charge in [-0.3, -0.25) is 0 Å². The van der Waals surface area contributed by atoms with Crippen LogP contribution in [0.3, 0.4) is 0 Å². The lowest BCUT2D eigenvalue weighted by Crippen LogP contribution is -2.61. The van der Waals surface area contributed by atoms with Crippen LogP contribution in [0.4, 0.5) is 4.79 Å². The summed E-state index contributed by atoms with van der Waals surface area (Å²) in [7, 11) is -1.89. The number of ether oxygens (including phenoxy) is 1. The standard InChI is InChI=1S/C9H18N2O4S.C4H9N.CH3ClO2S/c1-9(2,3)15-8(12)11-5-7(6-11)10-16(4,13)14;5-4-2-1-3-4;1-5(2,3)4/h7,10H,5-6H2,1-4H3;4H,1-3,5H2;1H3. The third-order valence-electron chi connectivity index (χ3n) is 3.06. The van der Waals surface area contributed by atoms with E-state index in [1.165, 1.54) is 24.2 Å². The monoisotopic (exact) mass is 435 g/mol. The fourth-order valence-corrected chi connectivity index (χ4v) is 2.53. The van der Waals surface area contributed by atoms with Crippen molar-refractivity contribution in [2.24, 2.45) is 5.73 Å². The van der Waals surface area contributed by atoms with Gasteiger partial charge in [0.25, 0.3) is 0 Å². The van der Waals surface area contributed by atoms with E-state index >= 15 is 0 Å². The Morgan fingerprint density at radius 2 is 1.54 bits per heavy atom. The summed E-state index contributed by atoms with van der Waals surface area (Å²) in [6.45, 7) is 6.09. The van der Waals surface area contributed by atoms with Crippen molar-refractivity contribution < 1.29 is 26.4 Å². The molecule has 3 N–H and O–H groups in total. The van der Waals surface area contributed by atoms with Gasteiger partial charge in [0.05, 0.1) is 18.6 Å². The summed E-state index contributed by atoms with van der Waals surface area (Å²) < 4.78 is 48.1. The first-order chi connectivity index (χ1) is 11.5. The Hall–Kier alpha value is -0.620. The van der Waals surface area contributed by atoms with Crippen LogP contribution in [-0.4, -0.2) is 71.1 Å². The number of nitrogens with one attached hydrogen (secondary N) is 1. The van der Waals surface area contributed by atoms with E-state index in [4.69, 9.17) is 10.5 Å². The van der Waals surface area contributed by atoms with Crippen molar-refractivity contribution in [1.82, 2.24) is 9.62 Å². The molecule has 0 radical (unpaired) electrons. The van der Waals surface area contributed by atoms with Crippen LogP contribution in [0.25, 0.3) is 0 Å². The first-order valence-corrected chi connectivity index (χ1v) is 12.7. The molecule has 0 spiro atoms. The van der Waals surface area contributed by atoms with E-state index in [0.717, 1.165) is 12.5 Å². The van der Waals surface area contributed by atoms with Gasteiger partial charge in [-0.1, -0.05) is 6.42 Å². The average molecular weight is 436 g/mol. The molecular formula is C14H30ClN3O6S2. The number of amides is 1. The van der Waals surface area contributed by atoms with Crippen LogP contribution in [0.15, 0.2) is 0 Å². The second kappa shape index (κ2) is 10.1. The highest BCUT2D eigenvalue weighted by molar-refractivity contribution is 8.13. The summed E-state index contributed by atoms with van der Waals surface area (Å²) in [6.07, 6.45) is 5.51. The number of carbonyl (C=O) groups is 1. The number of sulfonamides is 1. The van der Waals surface area contributed by atoms with Crippen LogP contribution in [0.2, 0.25) is 0 Å². The quantitative estimate of drug-likeness (QED) is 0.613. The number of hydrogen-bond acceptors (Lipinski definition) is 7. The smallest absolute Gasteiger partial charge is 0.410 e. The summed E-state index contributed by atoms with van der Waals surface area (Å²) in [5.74, 6) is 0. The Morgan fingerprint density at radius 3 is 1.77 bits per heavy atom. The Kier molecular flexibility index (Phi) is 9.83. The number of nitrogens with zero attached hydrogens (tertiary/aromatic N) is 1. The molecule has 2 fully saturated rings. The maximum absolute atomic E-state index is 11.5. The van der Waals surface area contributed by atoms with Crippen LogP contribution in [0.5, 0.6) is 0 Å². The predicted molar refractivity (Wildman–Crippen MR) is 102 cm³/mol. The van der Waals surface area contributed by atoms with E-state index in [2.05, 4.69) is 15.4 Å². The van der Waals surface area contributed by atoms with E-state index in [0.29, 0.717) is 19.1 Å². The molecular weight excluding hydrogens is 406 g/mol. The van der Waals surface area contributed by atoms with Gasteiger partial charge < -0.3 is 15.4 Å². The van der Waals surface area contributed by atoms with Crippen molar-refractivity contribution in [3.05, 3.63) is 0 Å². The first kappa shape index (κ1) is 25.4. The van der Waals surface area contributed by atoms with E-state index in [9.17, 15) is 21.6 Å². The van der Waals surface area contributed by atoms with E-state index in [1.54, 1.807) is 20.8 Å². The molecule has 1 amide bonds. The van der Waals surface area contributed by atoms with Gasteiger partial charge in [0, 0.05) is 29.8 Å². The highest BCUT2D eigenvalue weighted by atomic mass is 35.7. The minimum absolute atomic E-state index is 0.192. The Morgan fingerprint density at radius 1 is 1.15 bits per heavy atom. The second-order valence-electron chi connectivity index (χ2n) is 7.34.